The Bertz CT molecular complexity index is 1090. The zero-order valence-electron chi connectivity index (χ0n) is 17.2. The highest BCUT2D eigenvalue weighted by atomic mass is 32.1. The molecule has 0 unspecified atom stereocenters. The smallest absolute Gasteiger partial charge is 0.248 e. The Kier molecular flexibility index (Phi) is 8.21. The summed E-state index contributed by atoms with van der Waals surface area (Å²) in [6.07, 6.45) is 4.33. The second kappa shape index (κ2) is 11.5. The summed E-state index contributed by atoms with van der Waals surface area (Å²) < 4.78 is 11.4. The molecule has 0 aliphatic carbocycles. The van der Waals surface area contributed by atoms with Crippen LogP contribution in [0.5, 0.6) is 11.5 Å². The molecule has 0 saturated heterocycles. The van der Waals surface area contributed by atoms with Crippen LogP contribution in [-0.2, 0) is 11.4 Å². The molecule has 3 rings (SSSR count). The third kappa shape index (κ3) is 7.61. The lowest BCUT2D eigenvalue weighted by atomic mass is 10.2. The van der Waals surface area contributed by atoms with Crippen molar-refractivity contribution in [3.05, 3.63) is 76.3 Å². The Morgan fingerprint density at radius 1 is 1.19 bits per heavy atom. The van der Waals surface area contributed by atoms with Crippen LogP contribution in [0, 0.1) is 18.3 Å². The minimum absolute atomic E-state index is 0.245. The number of rotatable bonds is 10. The summed E-state index contributed by atoms with van der Waals surface area (Å²) in [7, 11) is 0. The summed E-state index contributed by atoms with van der Waals surface area (Å²) in [4.78, 5) is 16.7. The van der Waals surface area contributed by atoms with Crippen LogP contribution in [0.4, 0.5) is 5.69 Å². The number of nitrogens with zero attached hydrogens (tertiary/aromatic N) is 2. The molecule has 0 saturated carbocycles. The van der Waals surface area contributed by atoms with E-state index in [0.29, 0.717) is 37.5 Å². The Balaban J connectivity index is 1.52. The van der Waals surface area contributed by atoms with Gasteiger partial charge in [-0.3, -0.25) is 4.79 Å². The SMILES string of the molecule is Cc1nc(COc2cccc(C=CC(=O)Nc3cccc(OCCCC#N)c3)c2)cs1. The fourth-order valence-electron chi connectivity index (χ4n) is 2.70. The van der Waals surface area contributed by atoms with Gasteiger partial charge in [-0.15, -0.1) is 11.3 Å². The molecule has 3 aromatic rings. The standard InChI is InChI=1S/C24H23N3O3S/c1-18-26-21(17-31-18)16-30-22-8-4-6-19(14-22)10-11-24(28)27-20-7-5-9-23(15-20)29-13-3-2-12-25/h4-11,14-15,17H,2-3,13,16H2,1H3,(H,27,28). The predicted molar refractivity (Wildman–Crippen MR) is 122 cm³/mol. The van der Waals surface area contributed by atoms with Crippen molar-refractivity contribution in [2.75, 3.05) is 11.9 Å². The van der Waals surface area contributed by atoms with Gasteiger partial charge in [0.05, 0.1) is 23.4 Å². The molecule has 7 heteroatoms. The van der Waals surface area contributed by atoms with Gasteiger partial charge in [0.2, 0.25) is 5.91 Å². The number of carbonyl (C=O) groups is 1. The number of anilines is 1. The Morgan fingerprint density at radius 3 is 2.77 bits per heavy atom. The van der Waals surface area contributed by atoms with Gasteiger partial charge in [0.15, 0.2) is 0 Å². The number of carbonyl (C=O) groups excluding carboxylic acids is 1. The highest BCUT2D eigenvalue weighted by Gasteiger charge is 2.03. The van der Waals surface area contributed by atoms with Crippen LogP contribution in [0.3, 0.4) is 0 Å². The lowest BCUT2D eigenvalue weighted by Gasteiger charge is -2.07. The summed E-state index contributed by atoms with van der Waals surface area (Å²) in [6, 6.07) is 16.8. The highest BCUT2D eigenvalue weighted by Crippen LogP contribution is 2.19. The summed E-state index contributed by atoms with van der Waals surface area (Å²) >= 11 is 1.59. The first-order valence-electron chi connectivity index (χ1n) is 9.85. The van der Waals surface area contributed by atoms with E-state index in [1.54, 1.807) is 29.5 Å². The number of hydrogen-bond acceptors (Lipinski definition) is 6. The van der Waals surface area contributed by atoms with Crippen LogP contribution in [0.1, 0.15) is 29.1 Å². The molecule has 31 heavy (non-hydrogen) atoms. The molecular formula is C24H23N3O3S. The van der Waals surface area contributed by atoms with Crippen LogP contribution in [-0.4, -0.2) is 17.5 Å². The van der Waals surface area contributed by atoms with Gasteiger partial charge in [0, 0.05) is 29.6 Å². The number of amides is 1. The number of aromatic nitrogens is 1. The van der Waals surface area contributed by atoms with E-state index in [2.05, 4.69) is 16.4 Å². The summed E-state index contributed by atoms with van der Waals surface area (Å²) in [5, 5.41) is 14.4. The summed E-state index contributed by atoms with van der Waals surface area (Å²) in [6.45, 7) is 2.84. The van der Waals surface area contributed by atoms with Crippen LogP contribution >= 0.6 is 11.3 Å². The van der Waals surface area contributed by atoms with Crippen molar-refractivity contribution in [3.63, 3.8) is 0 Å². The van der Waals surface area contributed by atoms with Gasteiger partial charge in [0.1, 0.15) is 18.1 Å². The summed E-state index contributed by atoms with van der Waals surface area (Å²) in [5.74, 6) is 1.13. The van der Waals surface area contributed by atoms with E-state index in [-0.39, 0.29) is 5.91 Å². The average molecular weight is 434 g/mol. The fourth-order valence-corrected chi connectivity index (χ4v) is 3.30. The second-order valence-electron chi connectivity index (χ2n) is 6.68. The number of hydrogen-bond donors (Lipinski definition) is 1. The van der Waals surface area contributed by atoms with Crippen LogP contribution in [0.25, 0.3) is 6.08 Å². The maximum Gasteiger partial charge on any atom is 0.248 e. The highest BCUT2D eigenvalue weighted by molar-refractivity contribution is 7.09. The predicted octanol–water partition coefficient (Wildman–Crippen LogP) is 5.37. The zero-order valence-corrected chi connectivity index (χ0v) is 18.0. The number of unbranched alkanes of at least 4 members (excludes halogenated alkanes) is 1. The molecule has 0 fully saturated rings. The average Bonchev–Trinajstić information content (AvgIpc) is 3.20. The van der Waals surface area contributed by atoms with Crippen LogP contribution in [0.2, 0.25) is 0 Å². The van der Waals surface area contributed by atoms with Gasteiger partial charge in [-0.05, 0) is 49.2 Å². The van der Waals surface area contributed by atoms with Crippen molar-refractivity contribution in [3.8, 4) is 17.6 Å². The Morgan fingerprint density at radius 2 is 2.00 bits per heavy atom. The topological polar surface area (TPSA) is 84.2 Å². The molecule has 158 valence electrons. The molecule has 1 amide bonds. The molecule has 0 radical (unpaired) electrons. The van der Waals surface area contributed by atoms with Gasteiger partial charge in [0.25, 0.3) is 0 Å². The lowest BCUT2D eigenvalue weighted by molar-refractivity contribution is -0.111. The zero-order chi connectivity index (χ0) is 21.9. The number of ether oxygens (including phenoxy) is 2. The number of nitriles is 1. The fraction of sp³-hybridized carbons (Fsp3) is 0.208. The normalized spacial score (nSPS) is 10.6. The number of benzene rings is 2. The van der Waals surface area contributed by atoms with Gasteiger partial charge < -0.3 is 14.8 Å². The molecule has 1 heterocycles. The van der Waals surface area contributed by atoms with Gasteiger partial charge in [-0.25, -0.2) is 4.98 Å². The quantitative estimate of drug-likeness (QED) is 0.343. The third-order valence-corrected chi connectivity index (χ3v) is 4.96. The molecule has 2 aromatic carbocycles. The summed E-state index contributed by atoms with van der Waals surface area (Å²) in [5.41, 5.74) is 2.40. The molecule has 0 aliphatic rings. The van der Waals surface area contributed by atoms with Gasteiger partial charge in [-0.2, -0.15) is 5.26 Å². The lowest BCUT2D eigenvalue weighted by Crippen LogP contribution is -2.08. The van der Waals surface area contributed by atoms with Crippen molar-refractivity contribution in [1.82, 2.24) is 4.98 Å². The van der Waals surface area contributed by atoms with Crippen LogP contribution in [0.15, 0.2) is 60.0 Å². The van der Waals surface area contributed by atoms with Crippen molar-refractivity contribution in [1.29, 1.82) is 5.26 Å². The minimum Gasteiger partial charge on any atom is -0.493 e. The first-order valence-corrected chi connectivity index (χ1v) is 10.7. The van der Waals surface area contributed by atoms with E-state index < -0.39 is 0 Å². The Labute approximate surface area is 185 Å². The van der Waals surface area contributed by atoms with E-state index >= 15 is 0 Å². The van der Waals surface area contributed by atoms with Crippen molar-refractivity contribution in [2.45, 2.75) is 26.4 Å². The molecule has 1 N–H and O–H groups in total. The second-order valence-corrected chi connectivity index (χ2v) is 7.74. The van der Waals surface area contributed by atoms with E-state index in [4.69, 9.17) is 14.7 Å². The van der Waals surface area contributed by atoms with E-state index in [9.17, 15) is 4.79 Å². The largest absolute Gasteiger partial charge is 0.493 e. The maximum absolute atomic E-state index is 12.3. The van der Waals surface area contributed by atoms with Gasteiger partial charge in [-0.1, -0.05) is 18.2 Å². The van der Waals surface area contributed by atoms with Crippen LogP contribution < -0.4 is 14.8 Å². The van der Waals surface area contributed by atoms with E-state index in [0.717, 1.165) is 22.0 Å². The molecule has 0 aliphatic heterocycles. The third-order valence-electron chi connectivity index (χ3n) is 4.14. The van der Waals surface area contributed by atoms with Crippen molar-refractivity contribution < 1.29 is 14.3 Å². The van der Waals surface area contributed by atoms with Gasteiger partial charge >= 0.3 is 0 Å². The molecule has 1 aromatic heterocycles. The monoisotopic (exact) mass is 433 g/mol. The molecule has 6 nitrogen and oxygen atoms in total. The molecule has 0 bridgehead atoms. The number of aryl methyl sites for hydroxylation is 1. The van der Waals surface area contributed by atoms with Crippen molar-refractivity contribution in [2.24, 2.45) is 0 Å². The van der Waals surface area contributed by atoms with E-state index in [1.807, 2.05) is 48.7 Å². The molecular weight excluding hydrogens is 410 g/mol. The number of thiazole rings is 1. The molecule has 0 spiro atoms. The minimum atomic E-state index is -0.245. The first-order chi connectivity index (χ1) is 15.1. The number of nitrogens with one attached hydrogen (secondary N) is 1. The first kappa shape index (κ1) is 22.1. The Hall–Kier alpha value is -3.63. The maximum atomic E-state index is 12.3. The van der Waals surface area contributed by atoms with Crippen molar-refractivity contribution >= 4 is 29.0 Å². The van der Waals surface area contributed by atoms with E-state index in [1.165, 1.54) is 6.08 Å². The molecule has 0 atom stereocenters.